The second-order valence-electron chi connectivity index (χ2n) is 5.68. The molecule has 1 aliphatic rings. The van der Waals surface area contributed by atoms with E-state index in [1.54, 1.807) is 0 Å². The van der Waals surface area contributed by atoms with Crippen LogP contribution in [-0.2, 0) is 9.59 Å². The van der Waals surface area contributed by atoms with Crippen molar-refractivity contribution < 1.29 is 14.7 Å². The van der Waals surface area contributed by atoms with Crippen LogP contribution < -0.4 is 5.32 Å². The number of amides is 1. The number of hydrogen-bond acceptors (Lipinski definition) is 4. The van der Waals surface area contributed by atoms with Gasteiger partial charge >= 0.3 is 5.97 Å². The summed E-state index contributed by atoms with van der Waals surface area (Å²) in [6.07, 6.45) is 1.86. The third-order valence-corrected chi connectivity index (χ3v) is 3.90. The van der Waals surface area contributed by atoms with Crippen molar-refractivity contribution in [3.8, 4) is 0 Å². The fourth-order valence-corrected chi connectivity index (χ4v) is 2.74. The number of aryl methyl sites for hydroxylation is 2. The van der Waals surface area contributed by atoms with Crippen LogP contribution in [0.5, 0.6) is 0 Å². The van der Waals surface area contributed by atoms with E-state index in [0.29, 0.717) is 18.9 Å². The topological polar surface area (TPSA) is 98.3 Å². The zero-order valence-corrected chi connectivity index (χ0v) is 12.5. The normalized spacial score (nSPS) is 18.9. The molecule has 1 aliphatic heterocycles. The maximum atomic E-state index is 12.1. The lowest BCUT2D eigenvalue weighted by atomic mass is 10.0. The number of nitrogens with one attached hydrogen (secondary N) is 2. The molecule has 0 spiro atoms. The smallest absolute Gasteiger partial charge is 0.303 e. The largest absolute Gasteiger partial charge is 0.481 e. The number of likely N-dealkylation sites (tertiary alicyclic amines) is 1. The van der Waals surface area contributed by atoms with Crippen molar-refractivity contribution >= 4 is 17.6 Å². The molecule has 0 radical (unpaired) electrons. The lowest BCUT2D eigenvalue weighted by molar-refractivity contribution is -0.137. The summed E-state index contributed by atoms with van der Waals surface area (Å²) in [5, 5.41) is 18.5. The third kappa shape index (κ3) is 4.29. The van der Waals surface area contributed by atoms with Crippen molar-refractivity contribution in [2.75, 3.05) is 25.0 Å². The first-order chi connectivity index (χ1) is 9.95. The minimum absolute atomic E-state index is 0.0542. The Balaban J connectivity index is 1.78. The van der Waals surface area contributed by atoms with Crippen molar-refractivity contribution in [1.29, 1.82) is 0 Å². The van der Waals surface area contributed by atoms with Crippen molar-refractivity contribution in [1.82, 2.24) is 15.1 Å². The molecule has 1 aromatic heterocycles. The van der Waals surface area contributed by atoms with E-state index in [9.17, 15) is 9.59 Å². The molecule has 116 valence electrons. The molecule has 0 bridgehead atoms. The molecule has 1 amide bonds. The number of carbonyl (C=O) groups excluding carboxylic acids is 1. The number of aromatic amines is 1. The van der Waals surface area contributed by atoms with Gasteiger partial charge in [0.05, 0.1) is 23.6 Å². The Bertz CT molecular complexity index is 507. The number of H-pyrrole nitrogens is 1. The van der Waals surface area contributed by atoms with Gasteiger partial charge in [-0.05, 0) is 39.2 Å². The highest BCUT2D eigenvalue weighted by molar-refractivity contribution is 5.93. The zero-order valence-electron chi connectivity index (χ0n) is 12.5. The van der Waals surface area contributed by atoms with Crippen molar-refractivity contribution in [3.63, 3.8) is 0 Å². The SMILES string of the molecule is Cc1n[nH]c(C)c1NC(=O)CN1CCC(CCC(=O)O)C1. The Morgan fingerprint density at radius 3 is 2.86 bits per heavy atom. The van der Waals surface area contributed by atoms with E-state index in [4.69, 9.17) is 5.11 Å². The van der Waals surface area contributed by atoms with Crippen LogP contribution in [0.4, 0.5) is 5.69 Å². The average Bonchev–Trinajstić information content (AvgIpc) is 2.98. The Kier molecular flexibility index (Phi) is 4.95. The fraction of sp³-hybridized carbons (Fsp3) is 0.643. The van der Waals surface area contributed by atoms with Gasteiger partial charge in [-0.2, -0.15) is 5.10 Å². The molecule has 0 saturated carbocycles. The maximum absolute atomic E-state index is 12.1. The van der Waals surface area contributed by atoms with Crippen LogP contribution >= 0.6 is 0 Å². The van der Waals surface area contributed by atoms with Crippen molar-refractivity contribution in [3.05, 3.63) is 11.4 Å². The summed E-state index contributed by atoms with van der Waals surface area (Å²) in [6, 6.07) is 0. The van der Waals surface area contributed by atoms with Crippen molar-refractivity contribution in [2.24, 2.45) is 5.92 Å². The Hall–Kier alpha value is -1.89. The summed E-state index contributed by atoms with van der Waals surface area (Å²) in [7, 11) is 0. The average molecular weight is 294 g/mol. The summed E-state index contributed by atoms with van der Waals surface area (Å²) in [6.45, 7) is 5.70. The van der Waals surface area contributed by atoms with Crippen LogP contribution in [0, 0.1) is 19.8 Å². The van der Waals surface area contributed by atoms with Crippen molar-refractivity contribution in [2.45, 2.75) is 33.1 Å². The molecule has 1 atom stereocenters. The number of nitrogens with zero attached hydrogens (tertiary/aromatic N) is 2. The number of aromatic nitrogens is 2. The van der Waals surface area contributed by atoms with Crippen LogP contribution in [0.25, 0.3) is 0 Å². The number of hydrogen-bond donors (Lipinski definition) is 3. The summed E-state index contributed by atoms with van der Waals surface area (Å²) >= 11 is 0. The molecule has 2 heterocycles. The van der Waals surface area contributed by atoms with Gasteiger partial charge in [-0.1, -0.05) is 0 Å². The van der Waals surface area contributed by atoms with Gasteiger partial charge < -0.3 is 10.4 Å². The molecule has 0 aliphatic carbocycles. The number of carboxylic acid groups (broad SMARTS) is 1. The van der Waals surface area contributed by atoms with Gasteiger partial charge in [0, 0.05) is 13.0 Å². The first-order valence-corrected chi connectivity index (χ1v) is 7.21. The van der Waals surface area contributed by atoms with E-state index >= 15 is 0 Å². The Morgan fingerprint density at radius 1 is 1.48 bits per heavy atom. The molecular weight excluding hydrogens is 272 g/mol. The van der Waals surface area contributed by atoms with Crippen LogP contribution in [-0.4, -0.2) is 51.7 Å². The minimum Gasteiger partial charge on any atom is -0.481 e. The van der Waals surface area contributed by atoms with E-state index in [-0.39, 0.29) is 12.3 Å². The maximum Gasteiger partial charge on any atom is 0.303 e. The van der Waals surface area contributed by atoms with Gasteiger partial charge in [0.25, 0.3) is 0 Å². The highest BCUT2D eigenvalue weighted by Crippen LogP contribution is 2.21. The standard InChI is InChI=1S/C14H22N4O3/c1-9-14(10(2)17-16-9)15-12(19)8-18-6-5-11(7-18)3-4-13(20)21/h11H,3-8H2,1-2H3,(H,15,19)(H,16,17)(H,20,21). The number of carbonyl (C=O) groups is 2. The number of carboxylic acids is 1. The molecule has 21 heavy (non-hydrogen) atoms. The second-order valence-corrected chi connectivity index (χ2v) is 5.68. The van der Waals surface area contributed by atoms with Crippen LogP contribution in [0.15, 0.2) is 0 Å². The van der Waals surface area contributed by atoms with Gasteiger partial charge in [0.2, 0.25) is 5.91 Å². The first-order valence-electron chi connectivity index (χ1n) is 7.21. The molecule has 0 aromatic carbocycles. The molecule has 2 rings (SSSR count). The molecule has 1 unspecified atom stereocenters. The van der Waals surface area contributed by atoms with E-state index in [1.165, 1.54) is 0 Å². The molecule has 1 saturated heterocycles. The predicted octanol–water partition coefficient (Wildman–Crippen LogP) is 1.15. The van der Waals surface area contributed by atoms with Gasteiger partial charge in [0.15, 0.2) is 0 Å². The second kappa shape index (κ2) is 6.71. The van der Waals surface area contributed by atoms with Gasteiger partial charge in [-0.15, -0.1) is 0 Å². The number of aliphatic carboxylic acids is 1. The highest BCUT2D eigenvalue weighted by atomic mass is 16.4. The van der Waals surface area contributed by atoms with Crippen LogP contribution in [0.3, 0.4) is 0 Å². The molecular formula is C14H22N4O3. The predicted molar refractivity (Wildman–Crippen MR) is 78.1 cm³/mol. The summed E-state index contributed by atoms with van der Waals surface area (Å²) in [4.78, 5) is 24.7. The molecule has 7 nitrogen and oxygen atoms in total. The first kappa shape index (κ1) is 15.5. The van der Waals surface area contributed by atoms with Crippen LogP contribution in [0.1, 0.15) is 30.7 Å². The molecule has 7 heteroatoms. The molecule has 1 fully saturated rings. The zero-order chi connectivity index (χ0) is 15.4. The van der Waals surface area contributed by atoms with E-state index in [2.05, 4.69) is 20.4 Å². The lowest BCUT2D eigenvalue weighted by Gasteiger charge is -2.15. The third-order valence-electron chi connectivity index (χ3n) is 3.90. The van der Waals surface area contributed by atoms with Gasteiger partial charge in [-0.25, -0.2) is 0 Å². The lowest BCUT2D eigenvalue weighted by Crippen LogP contribution is -2.31. The summed E-state index contributed by atoms with van der Waals surface area (Å²) in [5.74, 6) is -0.426. The van der Waals surface area contributed by atoms with Crippen LogP contribution in [0.2, 0.25) is 0 Å². The number of rotatable bonds is 6. The highest BCUT2D eigenvalue weighted by Gasteiger charge is 2.24. The minimum atomic E-state index is -0.753. The summed E-state index contributed by atoms with van der Waals surface area (Å²) in [5.41, 5.74) is 2.38. The quantitative estimate of drug-likeness (QED) is 0.731. The van der Waals surface area contributed by atoms with E-state index < -0.39 is 5.97 Å². The molecule has 3 N–H and O–H groups in total. The monoisotopic (exact) mass is 294 g/mol. The fourth-order valence-electron chi connectivity index (χ4n) is 2.74. The Morgan fingerprint density at radius 2 is 2.24 bits per heavy atom. The number of anilines is 1. The summed E-state index contributed by atoms with van der Waals surface area (Å²) < 4.78 is 0. The van der Waals surface area contributed by atoms with E-state index in [0.717, 1.165) is 36.6 Å². The Labute approximate surface area is 123 Å². The molecule has 1 aromatic rings. The van der Waals surface area contributed by atoms with Gasteiger partial charge in [-0.3, -0.25) is 19.6 Å². The van der Waals surface area contributed by atoms with E-state index in [1.807, 2.05) is 13.8 Å². The van der Waals surface area contributed by atoms with Gasteiger partial charge in [0.1, 0.15) is 0 Å².